The largest absolute Gasteiger partial charge is 0.310 e. The molecule has 0 aliphatic heterocycles. The van der Waals surface area contributed by atoms with Crippen LogP contribution < -0.4 is 4.90 Å². The van der Waals surface area contributed by atoms with Gasteiger partial charge in [0.2, 0.25) is 0 Å². The first-order valence-corrected chi connectivity index (χ1v) is 9.82. The Bertz CT molecular complexity index is 868. The molecule has 0 aliphatic rings. The topological polar surface area (TPSA) is 3.24 Å². The van der Waals surface area contributed by atoms with Gasteiger partial charge < -0.3 is 4.90 Å². The fourth-order valence-corrected chi connectivity index (χ4v) is 3.28. The van der Waals surface area contributed by atoms with Crippen LogP contribution >= 0.6 is 0 Å². The van der Waals surface area contributed by atoms with Crippen LogP contribution in [0.3, 0.4) is 0 Å². The van der Waals surface area contributed by atoms with Crippen LogP contribution in [0.25, 0.3) is 0 Å². The monoisotopic (exact) mass is 375 g/mol. The smallest absolute Gasteiger partial charge is 0.125 e. The normalized spacial score (nSPS) is 12.1. The first-order chi connectivity index (χ1) is 13.1. The Kier molecular flexibility index (Phi) is 5.34. The Morgan fingerprint density at radius 2 is 1.00 bits per heavy atom. The highest BCUT2D eigenvalue weighted by atomic mass is 19.1. The van der Waals surface area contributed by atoms with Gasteiger partial charge in [0.25, 0.3) is 0 Å². The van der Waals surface area contributed by atoms with E-state index in [1.165, 1.54) is 17.2 Å². The lowest BCUT2D eigenvalue weighted by Gasteiger charge is -2.28. The summed E-state index contributed by atoms with van der Waals surface area (Å²) in [5, 5.41) is 0. The molecule has 0 bridgehead atoms. The fraction of sp³-hybridized carbons (Fsp3) is 0.308. The molecule has 0 saturated heterocycles. The van der Waals surface area contributed by atoms with Crippen molar-refractivity contribution < 1.29 is 4.39 Å². The van der Waals surface area contributed by atoms with Crippen LogP contribution in [-0.2, 0) is 10.8 Å². The van der Waals surface area contributed by atoms with Gasteiger partial charge in [0.15, 0.2) is 0 Å². The van der Waals surface area contributed by atoms with Gasteiger partial charge in [0, 0.05) is 17.1 Å². The summed E-state index contributed by atoms with van der Waals surface area (Å²) >= 11 is 0. The molecule has 0 spiro atoms. The number of benzene rings is 3. The average Bonchev–Trinajstić information content (AvgIpc) is 2.61. The van der Waals surface area contributed by atoms with E-state index < -0.39 is 0 Å². The third-order valence-corrected chi connectivity index (χ3v) is 5.05. The quantitative estimate of drug-likeness (QED) is 0.450. The minimum Gasteiger partial charge on any atom is -0.310 e. The lowest BCUT2D eigenvalue weighted by molar-refractivity contribution is 0.590. The summed E-state index contributed by atoms with van der Waals surface area (Å²) < 4.78 is 14.0. The van der Waals surface area contributed by atoms with Crippen LogP contribution in [0.1, 0.15) is 52.7 Å². The third kappa shape index (κ3) is 4.44. The van der Waals surface area contributed by atoms with Crippen molar-refractivity contribution in [2.75, 3.05) is 4.90 Å². The molecule has 28 heavy (non-hydrogen) atoms. The molecule has 0 radical (unpaired) electrons. The highest BCUT2D eigenvalue weighted by Gasteiger charge is 2.18. The van der Waals surface area contributed by atoms with Gasteiger partial charge in [-0.05, 0) is 64.4 Å². The molecule has 0 aromatic heterocycles. The molecule has 0 aliphatic carbocycles. The van der Waals surface area contributed by atoms with E-state index in [0.29, 0.717) is 0 Å². The molecular formula is C26H30FN. The summed E-state index contributed by atoms with van der Waals surface area (Å²) in [4.78, 5) is 2.10. The Morgan fingerprint density at radius 1 is 0.571 bits per heavy atom. The highest BCUT2D eigenvalue weighted by molar-refractivity contribution is 5.76. The Balaban J connectivity index is 2.08. The summed E-state index contributed by atoms with van der Waals surface area (Å²) in [7, 11) is 0. The van der Waals surface area contributed by atoms with Crippen molar-refractivity contribution in [3.63, 3.8) is 0 Å². The third-order valence-electron chi connectivity index (χ3n) is 5.05. The van der Waals surface area contributed by atoms with E-state index in [-0.39, 0.29) is 16.6 Å². The van der Waals surface area contributed by atoms with E-state index in [2.05, 4.69) is 95.0 Å². The van der Waals surface area contributed by atoms with E-state index in [9.17, 15) is 4.39 Å². The molecule has 3 rings (SSSR count). The van der Waals surface area contributed by atoms with Gasteiger partial charge in [0.1, 0.15) is 5.82 Å². The second-order valence-corrected chi connectivity index (χ2v) is 9.41. The number of nitrogens with zero attached hydrogens (tertiary/aromatic N) is 1. The molecule has 146 valence electrons. The molecule has 2 heteroatoms. The van der Waals surface area contributed by atoms with Crippen molar-refractivity contribution in [3.8, 4) is 0 Å². The molecule has 0 fully saturated rings. The molecule has 0 saturated carbocycles. The van der Waals surface area contributed by atoms with Crippen molar-refractivity contribution in [2.45, 2.75) is 52.4 Å². The fourth-order valence-electron chi connectivity index (χ4n) is 3.28. The number of hydrogen-bond acceptors (Lipinski definition) is 1. The summed E-state index contributed by atoms with van der Waals surface area (Å²) in [5.41, 5.74) is 5.58. The molecule has 1 nitrogen and oxygen atoms in total. The van der Waals surface area contributed by atoms with E-state index >= 15 is 0 Å². The highest BCUT2D eigenvalue weighted by Crippen LogP contribution is 2.37. The van der Waals surface area contributed by atoms with Crippen molar-refractivity contribution in [3.05, 3.63) is 89.7 Å². The lowest BCUT2D eigenvalue weighted by Crippen LogP contribution is -2.14. The molecule has 0 amide bonds. The van der Waals surface area contributed by atoms with Crippen molar-refractivity contribution >= 4 is 17.1 Å². The SMILES string of the molecule is CC(C)(C)c1ccc(N(c2ccc(C(C)(C)C)cc2)c2cccc(F)c2)cc1. The van der Waals surface area contributed by atoms with E-state index in [1.807, 2.05) is 6.07 Å². The molecule has 0 atom stereocenters. The maximum absolute atomic E-state index is 14.0. The second-order valence-electron chi connectivity index (χ2n) is 9.41. The number of hydrogen-bond donors (Lipinski definition) is 0. The first-order valence-electron chi connectivity index (χ1n) is 9.82. The van der Waals surface area contributed by atoms with Crippen LogP contribution in [0.2, 0.25) is 0 Å². The van der Waals surface area contributed by atoms with Crippen LogP contribution in [0, 0.1) is 5.82 Å². The minimum absolute atomic E-state index is 0.0938. The zero-order valence-corrected chi connectivity index (χ0v) is 17.8. The van der Waals surface area contributed by atoms with Gasteiger partial charge in [0.05, 0.1) is 0 Å². The number of rotatable bonds is 3. The maximum atomic E-state index is 14.0. The Hall–Kier alpha value is -2.61. The van der Waals surface area contributed by atoms with Crippen LogP contribution in [0.4, 0.5) is 21.5 Å². The van der Waals surface area contributed by atoms with Crippen LogP contribution in [-0.4, -0.2) is 0 Å². The van der Waals surface area contributed by atoms with E-state index in [1.54, 1.807) is 12.1 Å². The van der Waals surface area contributed by atoms with Crippen molar-refractivity contribution in [1.82, 2.24) is 0 Å². The molecule has 0 unspecified atom stereocenters. The second kappa shape index (κ2) is 7.43. The first kappa shape index (κ1) is 20.1. The van der Waals surface area contributed by atoms with Gasteiger partial charge in [-0.1, -0.05) is 71.9 Å². The van der Waals surface area contributed by atoms with Crippen LogP contribution in [0.15, 0.2) is 72.8 Å². The van der Waals surface area contributed by atoms with Crippen molar-refractivity contribution in [1.29, 1.82) is 0 Å². The van der Waals surface area contributed by atoms with Gasteiger partial charge in [-0.15, -0.1) is 0 Å². The summed E-state index contributed by atoms with van der Waals surface area (Å²) in [6, 6.07) is 23.8. The summed E-state index contributed by atoms with van der Waals surface area (Å²) in [6.45, 7) is 13.2. The minimum atomic E-state index is -0.236. The van der Waals surface area contributed by atoms with Gasteiger partial charge in [-0.25, -0.2) is 4.39 Å². The zero-order valence-electron chi connectivity index (χ0n) is 17.8. The Labute approximate surface area is 168 Å². The zero-order chi connectivity index (χ0) is 20.5. The number of halogens is 1. The lowest BCUT2D eigenvalue weighted by atomic mass is 9.86. The molecule has 0 heterocycles. The van der Waals surface area contributed by atoms with Crippen molar-refractivity contribution in [2.24, 2.45) is 0 Å². The van der Waals surface area contributed by atoms with Gasteiger partial charge in [-0.3, -0.25) is 0 Å². The summed E-state index contributed by atoms with van der Waals surface area (Å²) in [6.07, 6.45) is 0. The summed E-state index contributed by atoms with van der Waals surface area (Å²) in [5.74, 6) is -0.236. The van der Waals surface area contributed by atoms with E-state index in [0.717, 1.165) is 17.1 Å². The molecule has 3 aromatic rings. The number of anilines is 3. The average molecular weight is 376 g/mol. The molecule has 3 aromatic carbocycles. The van der Waals surface area contributed by atoms with E-state index in [4.69, 9.17) is 0 Å². The van der Waals surface area contributed by atoms with Gasteiger partial charge >= 0.3 is 0 Å². The standard InChI is InChI=1S/C26H30FN/c1-25(2,3)19-10-14-22(15-11-19)28(24-9-7-8-21(27)18-24)23-16-12-20(13-17-23)26(4,5)6/h7-18H,1-6H3. The predicted octanol–water partition coefficient (Wildman–Crippen LogP) is 7.89. The maximum Gasteiger partial charge on any atom is 0.125 e. The molecule has 0 N–H and O–H groups in total. The van der Waals surface area contributed by atoms with Crippen LogP contribution in [0.5, 0.6) is 0 Å². The van der Waals surface area contributed by atoms with Gasteiger partial charge in [-0.2, -0.15) is 0 Å². The predicted molar refractivity (Wildman–Crippen MR) is 118 cm³/mol. The Morgan fingerprint density at radius 3 is 1.36 bits per heavy atom. The molecular weight excluding hydrogens is 345 g/mol.